The summed E-state index contributed by atoms with van der Waals surface area (Å²) in [5.41, 5.74) is 4.67. The van der Waals surface area contributed by atoms with Crippen LogP contribution < -0.4 is 5.32 Å². The molecular formula is C20H18FN3O2. The van der Waals surface area contributed by atoms with Gasteiger partial charge in [-0.2, -0.15) is 5.10 Å². The molecule has 3 aromatic rings. The molecule has 0 fully saturated rings. The highest BCUT2D eigenvalue weighted by Gasteiger charge is 2.24. The summed E-state index contributed by atoms with van der Waals surface area (Å²) in [6.45, 7) is 1.79. The van der Waals surface area contributed by atoms with E-state index in [0.717, 1.165) is 22.5 Å². The van der Waals surface area contributed by atoms with Crippen LogP contribution in [0.5, 0.6) is 0 Å². The highest BCUT2D eigenvalue weighted by molar-refractivity contribution is 5.89. The Balaban J connectivity index is 1.77. The SMILES string of the molecule is COC(=O)c1cccc(Cn2nc3c(c2-c2ccccc2F)CNC3)c1. The van der Waals surface area contributed by atoms with Gasteiger partial charge in [-0.05, 0) is 29.8 Å². The molecule has 0 spiro atoms. The minimum atomic E-state index is -0.381. The quantitative estimate of drug-likeness (QED) is 0.734. The van der Waals surface area contributed by atoms with Crippen LogP contribution in [-0.2, 0) is 24.4 Å². The number of methoxy groups -OCH3 is 1. The summed E-state index contributed by atoms with van der Waals surface area (Å²) in [5.74, 6) is -0.653. The summed E-state index contributed by atoms with van der Waals surface area (Å²) >= 11 is 0. The Labute approximate surface area is 150 Å². The normalized spacial score (nSPS) is 12.8. The first-order chi connectivity index (χ1) is 12.7. The molecule has 0 amide bonds. The van der Waals surface area contributed by atoms with E-state index in [1.54, 1.807) is 24.3 Å². The standard InChI is InChI=1S/C20H18FN3O2/c1-26-20(25)14-6-4-5-13(9-14)12-24-19(15-7-2-3-8-17(15)21)16-10-22-11-18(16)23-24/h2-9,22H,10-12H2,1H3. The molecule has 0 unspecified atom stereocenters. The van der Waals surface area contributed by atoms with E-state index in [0.29, 0.717) is 30.8 Å². The van der Waals surface area contributed by atoms with Gasteiger partial charge in [0.2, 0.25) is 0 Å². The average molecular weight is 351 g/mol. The molecule has 2 aromatic carbocycles. The number of carbonyl (C=O) groups excluding carboxylic acids is 1. The Morgan fingerprint density at radius 3 is 2.88 bits per heavy atom. The summed E-state index contributed by atoms with van der Waals surface area (Å²) in [5, 5.41) is 7.93. The van der Waals surface area contributed by atoms with Crippen molar-refractivity contribution in [1.29, 1.82) is 0 Å². The number of ether oxygens (including phenoxy) is 1. The van der Waals surface area contributed by atoms with Crippen LogP contribution in [0.2, 0.25) is 0 Å². The summed E-state index contributed by atoms with van der Waals surface area (Å²) in [6.07, 6.45) is 0. The molecule has 0 aliphatic carbocycles. The molecule has 26 heavy (non-hydrogen) atoms. The third-order valence-corrected chi connectivity index (χ3v) is 4.54. The van der Waals surface area contributed by atoms with Crippen molar-refractivity contribution in [2.24, 2.45) is 0 Å². The number of hydrogen-bond donors (Lipinski definition) is 1. The van der Waals surface area contributed by atoms with Gasteiger partial charge < -0.3 is 10.1 Å². The summed E-state index contributed by atoms with van der Waals surface area (Å²) in [6, 6.07) is 13.9. The van der Waals surface area contributed by atoms with E-state index in [2.05, 4.69) is 10.4 Å². The number of benzene rings is 2. The number of nitrogens with one attached hydrogen (secondary N) is 1. The van der Waals surface area contributed by atoms with Crippen molar-refractivity contribution < 1.29 is 13.9 Å². The number of esters is 1. The Hall–Kier alpha value is -2.99. The van der Waals surface area contributed by atoms with Crippen LogP contribution in [0.1, 0.15) is 27.2 Å². The molecule has 4 rings (SSSR count). The molecular weight excluding hydrogens is 333 g/mol. The minimum Gasteiger partial charge on any atom is -0.465 e. The molecule has 0 radical (unpaired) electrons. The van der Waals surface area contributed by atoms with Crippen molar-refractivity contribution in [2.45, 2.75) is 19.6 Å². The van der Waals surface area contributed by atoms with Crippen LogP contribution in [0.25, 0.3) is 11.3 Å². The highest BCUT2D eigenvalue weighted by atomic mass is 19.1. The van der Waals surface area contributed by atoms with Crippen LogP contribution in [0.15, 0.2) is 48.5 Å². The lowest BCUT2D eigenvalue weighted by atomic mass is 10.1. The lowest BCUT2D eigenvalue weighted by Gasteiger charge is -2.11. The van der Waals surface area contributed by atoms with Crippen LogP contribution in [0.3, 0.4) is 0 Å². The van der Waals surface area contributed by atoms with Crippen LogP contribution in [0, 0.1) is 5.82 Å². The number of rotatable bonds is 4. The van der Waals surface area contributed by atoms with Crippen molar-refractivity contribution in [2.75, 3.05) is 7.11 Å². The molecule has 0 bridgehead atoms. The van der Waals surface area contributed by atoms with E-state index in [-0.39, 0.29) is 11.8 Å². The predicted molar refractivity (Wildman–Crippen MR) is 95.0 cm³/mol. The summed E-state index contributed by atoms with van der Waals surface area (Å²) in [4.78, 5) is 11.8. The molecule has 0 saturated heterocycles. The fourth-order valence-corrected chi connectivity index (χ4v) is 3.34. The zero-order chi connectivity index (χ0) is 18.1. The first kappa shape index (κ1) is 16.5. The lowest BCUT2D eigenvalue weighted by molar-refractivity contribution is 0.0600. The monoisotopic (exact) mass is 351 g/mol. The Morgan fingerprint density at radius 2 is 2.08 bits per heavy atom. The second-order valence-corrected chi connectivity index (χ2v) is 6.21. The van der Waals surface area contributed by atoms with Gasteiger partial charge >= 0.3 is 5.97 Å². The Kier molecular flexibility index (Phi) is 4.26. The van der Waals surface area contributed by atoms with E-state index in [1.807, 2.05) is 22.9 Å². The van der Waals surface area contributed by atoms with E-state index < -0.39 is 0 Å². The van der Waals surface area contributed by atoms with Gasteiger partial charge in [-0.15, -0.1) is 0 Å². The Bertz CT molecular complexity index is 981. The van der Waals surface area contributed by atoms with Crippen LogP contribution >= 0.6 is 0 Å². The van der Waals surface area contributed by atoms with Gasteiger partial charge in [-0.3, -0.25) is 4.68 Å². The number of carbonyl (C=O) groups is 1. The maximum atomic E-state index is 14.4. The van der Waals surface area contributed by atoms with Crippen molar-refractivity contribution in [3.63, 3.8) is 0 Å². The molecule has 1 N–H and O–H groups in total. The van der Waals surface area contributed by atoms with Crippen molar-refractivity contribution in [1.82, 2.24) is 15.1 Å². The number of hydrogen-bond acceptors (Lipinski definition) is 4. The largest absolute Gasteiger partial charge is 0.465 e. The maximum Gasteiger partial charge on any atom is 0.337 e. The molecule has 2 heterocycles. The smallest absolute Gasteiger partial charge is 0.337 e. The third-order valence-electron chi connectivity index (χ3n) is 4.54. The zero-order valence-electron chi connectivity index (χ0n) is 14.3. The summed E-state index contributed by atoms with van der Waals surface area (Å²) < 4.78 is 21.0. The molecule has 132 valence electrons. The molecule has 1 aromatic heterocycles. The van der Waals surface area contributed by atoms with E-state index in [1.165, 1.54) is 13.2 Å². The van der Waals surface area contributed by atoms with E-state index >= 15 is 0 Å². The topological polar surface area (TPSA) is 56.2 Å². The number of aromatic nitrogens is 2. The van der Waals surface area contributed by atoms with Crippen molar-refractivity contribution >= 4 is 5.97 Å². The number of halogens is 1. The predicted octanol–water partition coefficient (Wildman–Crippen LogP) is 3.13. The molecule has 6 heteroatoms. The molecule has 1 aliphatic heterocycles. The van der Waals surface area contributed by atoms with Crippen LogP contribution in [-0.4, -0.2) is 22.9 Å². The molecule has 0 atom stereocenters. The Morgan fingerprint density at radius 1 is 1.23 bits per heavy atom. The zero-order valence-corrected chi connectivity index (χ0v) is 14.3. The molecule has 5 nitrogen and oxygen atoms in total. The highest BCUT2D eigenvalue weighted by Crippen LogP contribution is 2.31. The van der Waals surface area contributed by atoms with Gasteiger partial charge in [0, 0.05) is 24.2 Å². The van der Waals surface area contributed by atoms with Gasteiger partial charge in [0.15, 0.2) is 0 Å². The van der Waals surface area contributed by atoms with Gasteiger partial charge in [0.05, 0.1) is 30.6 Å². The lowest BCUT2D eigenvalue weighted by Crippen LogP contribution is -2.11. The molecule has 1 aliphatic rings. The third kappa shape index (κ3) is 2.88. The van der Waals surface area contributed by atoms with Crippen LogP contribution in [0.4, 0.5) is 4.39 Å². The van der Waals surface area contributed by atoms with Crippen molar-refractivity contribution in [3.05, 3.63) is 76.7 Å². The first-order valence-electron chi connectivity index (χ1n) is 8.39. The van der Waals surface area contributed by atoms with E-state index in [4.69, 9.17) is 4.74 Å². The number of fused-ring (bicyclic) bond motifs is 1. The average Bonchev–Trinajstić information content (AvgIpc) is 3.23. The first-order valence-corrected chi connectivity index (χ1v) is 8.39. The molecule has 0 saturated carbocycles. The second kappa shape index (κ2) is 6.72. The number of nitrogens with zero attached hydrogens (tertiary/aromatic N) is 2. The maximum absolute atomic E-state index is 14.4. The minimum absolute atomic E-state index is 0.272. The second-order valence-electron chi connectivity index (χ2n) is 6.21. The van der Waals surface area contributed by atoms with Gasteiger partial charge in [0.1, 0.15) is 5.82 Å². The fourth-order valence-electron chi connectivity index (χ4n) is 3.34. The van der Waals surface area contributed by atoms with Gasteiger partial charge in [-0.25, -0.2) is 9.18 Å². The summed E-state index contributed by atoms with van der Waals surface area (Å²) in [7, 11) is 1.36. The van der Waals surface area contributed by atoms with Gasteiger partial charge in [0.25, 0.3) is 0 Å². The van der Waals surface area contributed by atoms with E-state index in [9.17, 15) is 9.18 Å². The van der Waals surface area contributed by atoms with Gasteiger partial charge in [-0.1, -0.05) is 24.3 Å². The van der Waals surface area contributed by atoms with Crippen molar-refractivity contribution in [3.8, 4) is 11.3 Å². The fraction of sp³-hybridized carbons (Fsp3) is 0.200.